The van der Waals surface area contributed by atoms with Gasteiger partial charge >= 0.3 is 5.97 Å². The molecule has 2 aromatic carbocycles. The summed E-state index contributed by atoms with van der Waals surface area (Å²) in [7, 11) is 1.43. The van der Waals surface area contributed by atoms with Crippen molar-refractivity contribution in [2.45, 2.75) is 6.61 Å². The molecule has 0 radical (unpaired) electrons. The van der Waals surface area contributed by atoms with Gasteiger partial charge in [-0.1, -0.05) is 29.8 Å². The van der Waals surface area contributed by atoms with Gasteiger partial charge in [0.05, 0.1) is 23.5 Å². The Bertz CT molecular complexity index is 898. The van der Waals surface area contributed by atoms with Crippen molar-refractivity contribution < 1.29 is 14.3 Å². The van der Waals surface area contributed by atoms with Gasteiger partial charge in [-0.25, -0.2) is 4.79 Å². The molecular formula is C16H14ClN5O3. The zero-order valence-electron chi connectivity index (χ0n) is 13.2. The summed E-state index contributed by atoms with van der Waals surface area (Å²) in [6, 6.07) is 12.1. The number of carbonyl (C=O) groups excluding carboxylic acids is 1. The highest BCUT2D eigenvalue weighted by molar-refractivity contribution is 6.33. The number of rotatable bonds is 5. The number of nitrogens with zero attached hydrogens (tertiary/aromatic N) is 4. The Morgan fingerprint density at radius 1 is 1.28 bits per heavy atom. The van der Waals surface area contributed by atoms with Crippen molar-refractivity contribution >= 4 is 23.3 Å². The molecule has 0 bridgehead atoms. The first-order valence-electron chi connectivity index (χ1n) is 7.23. The number of nitrogens with two attached hydrogens (primary N) is 1. The lowest BCUT2D eigenvalue weighted by Crippen LogP contribution is -2.11. The molecule has 3 rings (SSSR count). The smallest absolute Gasteiger partial charge is 0.342 e. The summed E-state index contributed by atoms with van der Waals surface area (Å²) in [5, 5.41) is 11.6. The molecule has 9 heteroatoms. The van der Waals surface area contributed by atoms with Crippen LogP contribution in [0.2, 0.25) is 5.02 Å². The summed E-state index contributed by atoms with van der Waals surface area (Å²) in [4.78, 5) is 12.4. The fraction of sp³-hybridized carbons (Fsp3) is 0.125. The Balaban J connectivity index is 1.78. The number of hydrogen-bond donors (Lipinski definition) is 1. The first-order valence-corrected chi connectivity index (χ1v) is 7.60. The van der Waals surface area contributed by atoms with Crippen LogP contribution in [0.4, 0.5) is 5.69 Å². The van der Waals surface area contributed by atoms with Crippen LogP contribution < -0.4 is 10.5 Å². The molecule has 3 aromatic rings. The molecule has 0 spiro atoms. The number of benzene rings is 2. The van der Waals surface area contributed by atoms with Gasteiger partial charge in [0.2, 0.25) is 0 Å². The van der Waals surface area contributed by atoms with Gasteiger partial charge in [0.15, 0.2) is 12.4 Å². The SMILES string of the molecule is COc1cc(N)c(Cl)cc1C(=O)OCc1nnnn1-c1ccccc1. The first-order chi connectivity index (χ1) is 12.1. The summed E-state index contributed by atoms with van der Waals surface area (Å²) >= 11 is 5.97. The van der Waals surface area contributed by atoms with E-state index in [4.69, 9.17) is 26.8 Å². The second-order valence-electron chi connectivity index (χ2n) is 4.99. The van der Waals surface area contributed by atoms with Crippen LogP contribution >= 0.6 is 11.6 Å². The molecular weight excluding hydrogens is 346 g/mol. The van der Waals surface area contributed by atoms with E-state index in [1.807, 2.05) is 30.3 Å². The van der Waals surface area contributed by atoms with E-state index in [0.29, 0.717) is 11.5 Å². The van der Waals surface area contributed by atoms with Crippen LogP contribution in [0, 0.1) is 0 Å². The largest absolute Gasteiger partial charge is 0.496 e. The van der Waals surface area contributed by atoms with Crippen molar-refractivity contribution in [1.82, 2.24) is 20.2 Å². The number of para-hydroxylation sites is 1. The van der Waals surface area contributed by atoms with Gasteiger partial charge in [-0.05, 0) is 28.6 Å². The molecule has 25 heavy (non-hydrogen) atoms. The Hall–Kier alpha value is -3.13. The van der Waals surface area contributed by atoms with Crippen LogP contribution in [-0.4, -0.2) is 33.3 Å². The lowest BCUT2D eigenvalue weighted by molar-refractivity contribution is 0.0456. The summed E-state index contributed by atoms with van der Waals surface area (Å²) < 4.78 is 11.9. The van der Waals surface area contributed by atoms with E-state index in [1.165, 1.54) is 23.9 Å². The number of anilines is 1. The van der Waals surface area contributed by atoms with Crippen molar-refractivity contribution in [3.8, 4) is 11.4 Å². The number of aromatic nitrogens is 4. The van der Waals surface area contributed by atoms with Crippen molar-refractivity contribution in [2.24, 2.45) is 0 Å². The van der Waals surface area contributed by atoms with Crippen LogP contribution in [0.3, 0.4) is 0 Å². The topological polar surface area (TPSA) is 105 Å². The molecule has 1 aromatic heterocycles. The van der Waals surface area contributed by atoms with E-state index in [-0.39, 0.29) is 22.9 Å². The standard InChI is InChI=1S/C16H14ClN5O3/c1-24-14-8-13(18)12(17)7-11(14)16(23)25-9-15-19-20-21-22(15)10-5-3-2-4-6-10/h2-8H,9,18H2,1H3. The average Bonchev–Trinajstić information content (AvgIpc) is 3.11. The van der Waals surface area contributed by atoms with Gasteiger partial charge in [0.1, 0.15) is 11.3 Å². The lowest BCUT2D eigenvalue weighted by atomic mass is 10.2. The summed E-state index contributed by atoms with van der Waals surface area (Å²) in [5.41, 5.74) is 6.94. The van der Waals surface area contributed by atoms with E-state index in [9.17, 15) is 4.79 Å². The summed E-state index contributed by atoms with van der Waals surface area (Å²) in [6.45, 7) is -0.119. The minimum Gasteiger partial charge on any atom is -0.496 e. The van der Waals surface area contributed by atoms with Crippen molar-refractivity contribution in [3.63, 3.8) is 0 Å². The van der Waals surface area contributed by atoms with E-state index in [0.717, 1.165) is 5.69 Å². The number of esters is 1. The second-order valence-corrected chi connectivity index (χ2v) is 5.40. The number of nitrogen functional groups attached to an aromatic ring is 1. The normalized spacial score (nSPS) is 10.5. The maximum Gasteiger partial charge on any atom is 0.342 e. The third-order valence-corrected chi connectivity index (χ3v) is 3.73. The predicted molar refractivity (Wildman–Crippen MR) is 90.7 cm³/mol. The van der Waals surface area contributed by atoms with Gasteiger partial charge in [-0.2, -0.15) is 4.68 Å². The van der Waals surface area contributed by atoms with Gasteiger partial charge in [0.25, 0.3) is 0 Å². The molecule has 0 saturated carbocycles. The zero-order valence-corrected chi connectivity index (χ0v) is 14.0. The van der Waals surface area contributed by atoms with E-state index < -0.39 is 5.97 Å². The van der Waals surface area contributed by atoms with Crippen LogP contribution in [-0.2, 0) is 11.3 Å². The molecule has 0 aliphatic carbocycles. The molecule has 2 N–H and O–H groups in total. The van der Waals surface area contributed by atoms with Crippen molar-refractivity contribution in [2.75, 3.05) is 12.8 Å². The van der Waals surface area contributed by atoms with Gasteiger partial charge in [-0.15, -0.1) is 5.10 Å². The van der Waals surface area contributed by atoms with Gasteiger partial charge in [0, 0.05) is 6.07 Å². The Labute approximate surface area is 148 Å². The maximum absolute atomic E-state index is 12.4. The molecule has 1 heterocycles. The molecule has 0 aliphatic rings. The third-order valence-electron chi connectivity index (χ3n) is 3.41. The van der Waals surface area contributed by atoms with Crippen molar-refractivity contribution in [1.29, 1.82) is 0 Å². The van der Waals surface area contributed by atoms with Gasteiger partial charge in [-0.3, -0.25) is 0 Å². The van der Waals surface area contributed by atoms with E-state index >= 15 is 0 Å². The molecule has 128 valence electrons. The highest BCUT2D eigenvalue weighted by Gasteiger charge is 2.18. The molecule has 0 amide bonds. The van der Waals surface area contributed by atoms with Gasteiger partial charge < -0.3 is 15.2 Å². The fourth-order valence-corrected chi connectivity index (χ4v) is 2.33. The number of methoxy groups -OCH3 is 1. The van der Waals surface area contributed by atoms with Crippen LogP contribution in [0.15, 0.2) is 42.5 Å². The Morgan fingerprint density at radius 3 is 2.76 bits per heavy atom. The quantitative estimate of drug-likeness (QED) is 0.550. The number of carbonyl (C=O) groups is 1. The molecule has 0 fully saturated rings. The molecule has 0 atom stereocenters. The number of ether oxygens (including phenoxy) is 2. The van der Waals surface area contributed by atoms with Crippen molar-refractivity contribution in [3.05, 3.63) is 58.9 Å². The molecule has 0 unspecified atom stereocenters. The second kappa shape index (κ2) is 7.18. The molecule has 0 saturated heterocycles. The minimum atomic E-state index is -0.624. The first kappa shape index (κ1) is 16.7. The number of hydrogen-bond acceptors (Lipinski definition) is 7. The highest BCUT2D eigenvalue weighted by Crippen LogP contribution is 2.29. The monoisotopic (exact) mass is 359 g/mol. The lowest BCUT2D eigenvalue weighted by Gasteiger charge is -2.10. The van der Waals surface area contributed by atoms with Crippen LogP contribution in [0.1, 0.15) is 16.2 Å². The number of halogens is 1. The third kappa shape index (κ3) is 3.53. The average molecular weight is 360 g/mol. The molecule has 0 aliphatic heterocycles. The minimum absolute atomic E-state index is 0.119. The maximum atomic E-state index is 12.4. The zero-order chi connectivity index (χ0) is 17.8. The number of tetrazole rings is 1. The van der Waals surface area contributed by atoms with Crippen LogP contribution in [0.5, 0.6) is 5.75 Å². The Morgan fingerprint density at radius 2 is 2.04 bits per heavy atom. The van der Waals surface area contributed by atoms with E-state index in [2.05, 4.69) is 15.5 Å². The van der Waals surface area contributed by atoms with E-state index in [1.54, 1.807) is 0 Å². The Kier molecular flexibility index (Phi) is 4.80. The highest BCUT2D eigenvalue weighted by atomic mass is 35.5. The fourth-order valence-electron chi connectivity index (χ4n) is 2.17. The van der Waals surface area contributed by atoms with Crippen LogP contribution in [0.25, 0.3) is 5.69 Å². The summed E-state index contributed by atoms with van der Waals surface area (Å²) in [5.74, 6) is 0.0240. The predicted octanol–water partition coefficient (Wildman–Crippen LogP) is 2.26. The summed E-state index contributed by atoms with van der Waals surface area (Å²) in [6.07, 6.45) is 0. The molecule has 8 nitrogen and oxygen atoms in total.